The van der Waals surface area contributed by atoms with Gasteiger partial charge in [0.15, 0.2) is 0 Å². The number of carbonyl (C=O) groups excluding carboxylic acids is 2. The van der Waals surface area contributed by atoms with Gasteiger partial charge >= 0.3 is 6.09 Å². The molecule has 2 aliphatic rings. The Balaban J connectivity index is 1.56. The number of halogens is 2. The summed E-state index contributed by atoms with van der Waals surface area (Å²) in [6.45, 7) is 6.79. The molecule has 0 bridgehead atoms. The van der Waals surface area contributed by atoms with Gasteiger partial charge in [0, 0.05) is 19.2 Å². The number of hydrogen-bond acceptors (Lipinski definition) is 6. The molecule has 212 valence electrons. The van der Waals surface area contributed by atoms with Crippen LogP contribution in [0.3, 0.4) is 0 Å². The quantitative estimate of drug-likeness (QED) is 0.448. The van der Waals surface area contributed by atoms with Crippen molar-refractivity contribution in [3.8, 4) is 0 Å². The van der Waals surface area contributed by atoms with Crippen LogP contribution in [0.25, 0.3) is 0 Å². The van der Waals surface area contributed by atoms with Crippen LogP contribution in [0.15, 0.2) is 48.5 Å². The van der Waals surface area contributed by atoms with Gasteiger partial charge in [-0.1, -0.05) is 30.3 Å². The van der Waals surface area contributed by atoms with Gasteiger partial charge < -0.3 is 25.2 Å². The molecule has 2 heterocycles. The average Bonchev–Trinajstić information content (AvgIpc) is 3.24. The van der Waals surface area contributed by atoms with Crippen LogP contribution < -0.4 is 10.6 Å². The first-order chi connectivity index (χ1) is 18.5. The van der Waals surface area contributed by atoms with Gasteiger partial charge in [0.05, 0.1) is 43.4 Å². The van der Waals surface area contributed by atoms with E-state index in [1.54, 1.807) is 20.8 Å². The zero-order valence-corrected chi connectivity index (χ0v) is 22.5. The average molecular weight is 546 g/mol. The number of hydrogen-bond donors (Lipinski definition) is 3. The third-order valence-electron chi connectivity index (χ3n) is 6.93. The molecule has 0 unspecified atom stereocenters. The Morgan fingerprint density at radius 1 is 1.10 bits per heavy atom. The number of benzene rings is 2. The van der Waals surface area contributed by atoms with Crippen molar-refractivity contribution in [2.24, 2.45) is 5.92 Å². The maximum Gasteiger partial charge on any atom is 0.410 e. The molecule has 2 fully saturated rings. The van der Waals surface area contributed by atoms with E-state index < -0.39 is 47.6 Å². The summed E-state index contributed by atoms with van der Waals surface area (Å²) in [7, 11) is 0. The molecule has 10 heteroatoms. The van der Waals surface area contributed by atoms with Crippen molar-refractivity contribution in [3.63, 3.8) is 0 Å². The second-order valence-electron chi connectivity index (χ2n) is 11.3. The van der Waals surface area contributed by atoms with Crippen molar-refractivity contribution in [2.75, 3.05) is 19.6 Å². The fraction of sp³-hybridized carbons (Fsp3) is 0.517. The molecule has 2 aliphatic heterocycles. The van der Waals surface area contributed by atoms with Crippen LogP contribution in [-0.4, -0.2) is 71.5 Å². The van der Waals surface area contributed by atoms with Crippen molar-refractivity contribution in [2.45, 2.75) is 70.1 Å². The van der Waals surface area contributed by atoms with Gasteiger partial charge in [0.2, 0.25) is 5.91 Å². The molecule has 0 spiro atoms. The normalized spacial score (nSPS) is 21.2. The zero-order chi connectivity index (χ0) is 28.2. The largest absolute Gasteiger partial charge is 0.444 e. The summed E-state index contributed by atoms with van der Waals surface area (Å²) in [6, 6.07) is 11.0. The molecule has 4 atom stereocenters. The monoisotopic (exact) mass is 545 g/mol. The number of aliphatic hydroxyl groups excluding tert-OH is 1. The standard InChI is InChI=1S/C29H37F2N3O5/c1-29(2,3)39-28(37)34-16-23(38-17-18-7-5-4-6-8-18)13-25(34)26(35)24(33-27(36)20-14-32-15-20)11-19-9-21(30)12-22(31)10-19/h4-10,12,20,23-26,32,35H,11,13-17H2,1-3H3,(H,33,36)/t23-,24+,25-,26+/m1/s1. The first kappa shape index (κ1) is 28.9. The summed E-state index contributed by atoms with van der Waals surface area (Å²) in [5, 5.41) is 17.5. The van der Waals surface area contributed by atoms with Gasteiger partial charge in [-0.3, -0.25) is 9.69 Å². The van der Waals surface area contributed by atoms with E-state index in [4.69, 9.17) is 9.47 Å². The molecule has 4 rings (SSSR count). The van der Waals surface area contributed by atoms with E-state index in [9.17, 15) is 23.5 Å². The maximum atomic E-state index is 14.0. The van der Waals surface area contributed by atoms with Gasteiger partial charge in [-0.25, -0.2) is 13.6 Å². The summed E-state index contributed by atoms with van der Waals surface area (Å²) in [6.07, 6.45) is -2.00. The van der Waals surface area contributed by atoms with Crippen molar-refractivity contribution in [1.82, 2.24) is 15.5 Å². The van der Waals surface area contributed by atoms with Crippen molar-refractivity contribution in [3.05, 3.63) is 71.3 Å². The number of nitrogens with zero attached hydrogens (tertiary/aromatic N) is 1. The Labute approximate surface area is 227 Å². The van der Waals surface area contributed by atoms with Gasteiger partial charge in [0.25, 0.3) is 0 Å². The number of rotatable bonds is 9. The van der Waals surface area contributed by atoms with Crippen LogP contribution in [0.4, 0.5) is 13.6 Å². The molecule has 2 aromatic rings. The highest BCUT2D eigenvalue weighted by molar-refractivity contribution is 5.80. The van der Waals surface area contributed by atoms with Crippen LogP contribution >= 0.6 is 0 Å². The van der Waals surface area contributed by atoms with E-state index >= 15 is 0 Å². The zero-order valence-electron chi connectivity index (χ0n) is 22.5. The van der Waals surface area contributed by atoms with Crippen molar-refractivity contribution < 1.29 is 33.0 Å². The lowest BCUT2D eigenvalue weighted by Crippen LogP contribution is -2.58. The number of aliphatic hydroxyl groups is 1. The number of ether oxygens (including phenoxy) is 2. The topological polar surface area (TPSA) is 100 Å². The van der Waals surface area contributed by atoms with Crippen LogP contribution in [0.1, 0.15) is 38.3 Å². The lowest BCUT2D eigenvalue weighted by Gasteiger charge is -2.36. The van der Waals surface area contributed by atoms with Crippen LogP contribution in [0, 0.1) is 17.6 Å². The Bertz CT molecular complexity index is 1120. The third kappa shape index (κ3) is 7.97. The maximum absolute atomic E-state index is 14.0. The van der Waals surface area contributed by atoms with Gasteiger partial charge in [0.1, 0.15) is 17.2 Å². The van der Waals surface area contributed by atoms with E-state index in [1.807, 2.05) is 30.3 Å². The van der Waals surface area contributed by atoms with Gasteiger partial charge in [-0.15, -0.1) is 0 Å². The third-order valence-corrected chi connectivity index (χ3v) is 6.93. The van der Waals surface area contributed by atoms with Crippen molar-refractivity contribution in [1.29, 1.82) is 0 Å². The fourth-order valence-electron chi connectivity index (χ4n) is 4.87. The van der Waals surface area contributed by atoms with Gasteiger partial charge in [-0.2, -0.15) is 0 Å². The van der Waals surface area contributed by atoms with E-state index in [0.29, 0.717) is 26.1 Å². The number of carbonyl (C=O) groups is 2. The Kier molecular flexibility index (Phi) is 9.19. The number of amides is 2. The molecular weight excluding hydrogens is 508 g/mol. The smallest absolute Gasteiger partial charge is 0.410 e. The van der Waals surface area contributed by atoms with Crippen LogP contribution in [-0.2, 0) is 27.3 Å². The highest BCUT2D eigenvalue weighted by Crippen LogP contribution is 2.28. The van der Waals surface area contributed by atoms with Gasteiger partial charge in [-0.05, 0) is 56.9 Å². The highest BCUT2D eigenvalue weighted by Gasteiger charge is 2.44. The molecular formula is C29H37F2N3O5. The number of nitrogens with one attached hydrogen (secondary N) is 2. The second-order valence-corrected chi connectivity index (χ2v) is 11.3. The molecule has 2 amide bonds. The van der Waals surface area contributed by atoms with Crippen LogP contribution in [0.2, 0.25) is 0 Å². The Morgan fingerprint density at radius 2 is 1.77 bits per heavy atom. The molecule has 2 saturated heterocycles. The SMILES string of the molecule is CC(C)(C)OC(=O)N1C[C@H](OCc2ccccc2)C[C@@H]1[C@@H](O)[C@H](Cc1cc(F)cc(F)c1)NC(=O)C1CNC1. The minimum atomic E-state index is -1.26. The Hall–Kier alpha value is -3.08. The summed E-state index contributed by atoms with van der Waals surface area (Å²) >= 11 is 0. The first-order valence-corrected chi connectivity index (χ1v) is 13.3. The molecule has 0 aromatic heterocycles. The minimum Gasteiger partial charge on any atom is -0.444 e. The molecule has 2 aromatic carbocycles. The Morgan fingerprint density at radius 3 is 2.36 bits per heavy atom. The van der Waals surface area contributed by atoms with E-state index in [1.165, 1.54) is 17.0 Å². The predicted octanol–water partition coefficient (Wildman–Crippen LogP) is 3.17. The lowest BCUT2D eigenvalue weighted by atomic mass is 9.93. The molecule has 39 heavy (non-hydrogen) atoms. The summed E-state index contributed by atoms with van der Waals surface area (Å²) in [5.41, 5.74) is 0.486. The fourth-order valence-corrected chi connectivity index (χ4v) is 4.87. The van der Waals surface area contributed by atoms with E-state index in [0.717, 1.165) is 11.6 Å². The molecule has 0 radical (unpaired) electrons. The summed E-state index contributed by atoms with van der Waals surface area (Å²) in [4.78, 5) is 27.5. The minimum absolute atomic E-state index is 0.0318. The lowest BCUT2D eigenvalue weighted by molar-refractivity contribution is -0.128. The molecule has 0 aliphatic carbocycles. The van der Waals surface area contributed by atoms with E-state index in [-0.39, 0.29) is 30.4 Å². The summed E-state index contributed by atoms with van der Waals surface area (Å²) in [5.74, 6) is -2.04. The predicted molar refractivity (Wildman–Crippen MR) is 141 cm³/mol. The number of likely N-dealkylation sites (tertiary alicyclic amines) is 1. The molecule has 3 N–H and O–H groups in total. The highest BCUT2D eigenvalue weighted by atomic mass is 19.1. The van der Waals surface area contributed by atoms with Crippen molar-refractivity contribution >= 4 is 12.0 Å². The molecule has 0 saturated carbocycles. The first-order valence-electron chi connectivity index (χ1n) is 13.3. The van der Waals surface area contributed by atoms with E-state index in [2.05, 4.69) is 10.6 Å². The second kappa shape index (κ2) is 12.4. The molecule has 8 nitrogen and oxygen atoms in total. The van der Waals surface area contributed by atoms with Crippen LogP contribution in [0.5, 0.6) is 0 Å². The summed E-state index contributed by atoms with van der Waals surface area (Å²) < 4.78 is 39.6.